The van der Waals surface area contributed by atoms with E-state index in [4.69, 9.17) is 14.2 Å². The van der Waals surface area contributed by atoms with Gasteiger partial charge in [-0.15, -0.1) is 0 Å². The molecule has 0 bridgehead atoms. The Balaban J connectivity index is 4.33. The highest BCUT2D eigenvalue weighted by atomic mass is 16.6. The molecule has 6 heteroatoms. The second kappa shape index (κ2) is 68.8. The van der Waals surface area contributed by atoms with Gasteiger partial charge >= 0.3 is 17.9 Å². The molecule has 0 aliphatic carbocycles. The molecular weight excluding hydrogens is 997 g/mol. The van der Waals surface area contributed by atoms with E-state index in [1.807, 2.05) is 0 Å². The highest BCUT2D eigenvalue weighted by Crippen LogP contribution is 2.17. The number of allylic oxidation sites excluding steroid dienone is 16. The van der Waals surface area contributed by atoms with Crippen molar-refractivity contribution >= 4 is 17.9 Å². The van der Waals surface area contributed by atoms with Crippen LogP contribution in [0.4, 0.5) is 0 Å². The summed E-state index contributed by atoms with van der Waals surface area (Å²) in [6.45, 7) is 6.54. The van der Waals surface area contributed by atoms with E-state index in [1.165, 1.54) is 186 Å². The Morgan fingerprint density at radius 3 is 0.753 bits per heavy atom. The van der Waals surface area contributed by atoms with E-state index in [2.05, 4.69) is 118 Å². The van der Waals surface area contributed by atoms with Crippen LogP contribution in [0.15, 0.2) is 97.2 Å². The number of esters is 3. The van der Waals surface area contributed by atoms with Gasteiger partial charge in [-0.1, -0.05) is 317 Å². The second-order valence-corrected chi connectivity index (χ2v) is 23.1. The van der Waals surface area contributed by atoms with E-state index in [-0.39, 0.29) is 31.1 Å². The summed E-state index contributed by atoms with van der Waals surface area (Å²) >= 11 is 0. The largest absolute Gasteiger partial charge is 0.462 e. The molecule has 466 valence electrons. The topological polar surface area (TPSA) is 78.9 Å². The first kappa shape index (κ1) is 77.3. The highest BCUT2D eigenvalue weighted by Gasteiger charge is 2.19. The van der Waals surface area contributed by atoms with E-state index in [0.717, 1.165) is 116 Å². The first-order chi connectivity index (χ1) is 40.0. The second-order valence-electron chi connectivity index (χ2n) is 23.1. The van der Waals surface area contributed by atoms with Crippen molar-refractivity contribution in [3.8, 4) is 0 Å². The van der Waals surface area contributed by atoms with Gasteiger partial charge in [0.25, 0.3) is 0 Å². The lowest BCUT2D eigenvalue weighted by Gasteiger charge is -2.18. The van der Waals surface area contributed by atoms with Gasteiger partial charge in [0.2, 0.25) is 0 Å². The molecule has 0 aliphatic rings. The summed E-state index contributed by atoms with van der Waals surface area (Å²) in [5.41, 5.74) is 0. The van der Waals surface area contributed by atoms with Gasteiger partial charge in [-0.3, -0.25) is 14.4 Å². The van der Waals surface area contributed by atoms with Gasteiger partial charge in [-0.05, 0) is 103 Å². The van der Waals surface area contributed by atoms with Crippen molar-refractivity contribution in [3.05, 3.63) is 97.2 Å². The Bertz CT molecular complexity index is 1580. The maximum Gasteiger partial charge on any atom is 0.306 e. The standard InChI is InChI=1S/C75H130O6/c1-4-7-10-13-16-19-22-25-27-29-31-33-35-37-39-41-43-45-47-50-53-56-59-62-65-68-74(77)80-71-72(70-79-73(76)67-64-61-58-55-52-49-24-21-18-15-12-9-6-3)81-75(78)69-66-63-60-57-54-51-48-46-44-42-40-38-36-34-32-30-28-26-23-20-17-14-11-8-5-2/h7,10,16,19,23,25-27,30-33,37,39,43,45,72H,4-6,8-9,11-15,17-18,20-22,24,28-29,34-36,38,40-42,44,46-71H2,1-3H3/b10-7-,19-16-,26-23-,27-25-,32-30-,33-31-,39-37-,45-43-. The van der Waals surface area contributed by atoms with E-state index >= 15 is 0 Å². The van der Waals surface area contributed by atoms with Crippen molar-refractivity contribution in [3.63, 3.8) is 0 Å². The Hall–Kier alpha value is -3.67. The van der Waals surface area contributed by atoms with Crippen LogP contribution in [0.25, 0.3) is 0 Å². The van der Waals surface area contributed by atoms with E-state index in [0.29, 0.717) is 19.3 Å². The van der Waals surface area contributed by atoms with Gasteiger partial charge in [-0.2, -0.15) is 0 Å². The van der Waals surface area contributed by atoms with Crippen molar-refractivity contribution in [2.75, 3.05) is 13.2 Å². The zero-order chi connectivity index (χ0) is 58.5. The maximum absolute atomic E-state index is 13.0. The average molecular weight is 1130 g/mol. The minimum absolute atomic E-state index is 0.0793. The molecule has 0 aromatic heterocycles. The molecule has 0 aliphatic heterocycles. The summed E-state index contributed by atoms with van der Waals surface area (Å²) in [6.07, 6.45) is 92.8. The SMILES string of the molecule is CC/C=C\C/C=C\C/C=C\C/C=C\C/C=C\C/C=C\CCCCCCCCC(=O)OCC(COC(=O)CCCCCCCCCCCCCCC)OC(=O)CCCCCCCCCCCCCCC/C=C\C/C=C\CCCCCCC. The average Bonchev–Trinajstić information content (AvgIpc) is 3.46. The summed E-state index contributed by atoms with van der Waals surface area (Å²) < 4.78 is 17.0. The van der Waals surface area contributed by atoms with Gasteiger partial charge in [0.1, 0.15) is 13.2 Å². The molecule has 0 amide bonds. The third-order valence-corrected chi connectivity index (χ3v) is 15.1. The molecule has 0 fully saturated rings. The summed E-state index contributed by atoms with van der Waals surface area (Å²) in [7, 11) is 0. The number of ether oxygens (including phenoxy) is 3. The Morgan fingerprint density at radius 1 is 0.259 bits per heavy atom. The van der Waals surface area contributed by atoms with Crippen molar-refractivity contribution in [2.45, 2.75) is 348 Å². The van der Waals surface area contributed by atoms with Gasteiger partial charge in [0.15, 0.2) is 6.10 Å². The minimum Gasteiger partial charge on any atom is -0.462 e. The molecule has 0 N–H and O–H groups in total. The predicted octanol–water partition coefficient (Wildman–Crippen LogP) is 24.0. The third-order valence-electron chi connectivity index (χ3n) is 15.1. The highest BCUT2D eigenvalue weighted by molar-refractivity contribution is 5.71. The predicted molar refractivity (Wildman–Crippen MR) is 353 cm³/mol. The van der Waals surface area contributed by atoms with Crippen molar-refractivity contribution < 1.29 is 28.6 Å². The minimum atomic E-state index is -0.785. The molecule has 0 spiro atoms. The normalized spacial score (nSPS) is 12.7. The van der Waals surface area contributed by atoms with Crippen molar-refractivity contribution in [2.24, 2.45) is 0 Å². The molecule has 6 nitrogen and oxygen atoms in total. The smallest absolute Gasteiger partial charge is 0.306 e. The molecular formula is C75H130O6. The molecule has 0 saturated carbocycles. The lowest BCUT2D eigenvalue weighted by Crippen LogP contribution is -2.30. The first-order valence-electron chi connectivity index (χ1n) is 34.7. The fourth-order valence-electron chi connectivity index (χ4n) is 9.89. The number of rotatable bonds is 63. The fourth-order valence-corrected chi connectivity index (χ4v) is 9.89. The van der Waals surface area contributed by atoms with E-state index < -0.39 is 6.10 Å². The molecule has 1 atom stereocenters. The molecule has 0 heterocycles. The van der Waals surface area contributed by atoms with Crippen LogP contribution in [-0.2, 0) is 28.6 Å². The van der Waals surface area contributed by atoms with Gasteiger partial charge < -0.3 is 14.2 Å². The number of unbranched alkanes of at least 4 members (excludes halogenated alkanes) is 36. The van der Waals surface area contributed by atoms with Crippen LogP contribution in [0.3, 0.4) is 0 Å². The first-order valence-corrected chi connectivity index (χ1v) is 34.7. The zero-order valence-electron chi connectivity index (χ0n) is 53.5. The lowest BCUT2D eigenvalue weighted by atomic mass is 10.0. The molecule has 0 rings (SSSR count). The molecule has 81 heavy (non-hydrogen) atoms. The Morgan fingerprint density at radius 2 is 0.481 bits per heavy atom. The molecule has 0 aromatic carbocycles. The van der Waals surface area contributed by atoms with E-state index in [1.54, 1.807) is 0 Å². The van der Waals surface area contributed by atoms with E-state index in [9.17, 15) is 14.4 Å². The number of hydrogen-bond acceptors (Lipinski definition) is 6. The zero-order valence-corrected chi connectivity index (χ0v) is 53.5. The van der Waals surface area contributed by atoms with Gasteiger partial charge in [0, 0.05) is 19.3 Å². The molecule has 0 radical (unpaired) electrons. The van der Waals surface area contributed by atoms with Crippen molar-refractivity contribution in [1.29, 1.82) is 0 Å². The van der Waals surface area contributed by atoms with Crippen LogP contribution in [0.1, 0.15) is 342 Å². The van der Waals surface area contributed by atoms with Gasteiger partial charge in [-0.25, -0.2) is 0 Å². The number of hydrogen-bond donors (Lipinski definition) is 0. The molecule has 0 saturated heterocycles. The lowest BCUT2D eigenvalue weighted by molar-refractivity contribution is -0.167. The van der Waals surface area contributed by atoms with Gasteiger partial charge in [0.05, 0.1) is 0 Å². The quantitative estimate of drug-likeness (QED) is 0.0261. The van der Waals surface area contributed by atoms with Crippen LogP contribution in [0, 0.1) is 0 Å². The molecule has 1 unspecified atom stereocenters. The summed E-state index contributed by atoms with van der Waals surface area (Å²) in [5.74, 6) is -0.880. The van der Waals surface area contributed by atoms with Crippen LogP contribution in [0.2, 0.25) is 0 Å². The maximum atomic E-state index is 13.0. The monoisotopic (exact) mass is 1130 g/mol. The third kappa shape index (κ3) is 67.0. The Kier molecular flexibility index (Phi) is 65.7. The fraction of sp³-hybridized carbons (Fsp3) is 0.747. The number of carbonyl (C=O) groups is 3. The summed E-state index contributed by atoms with van der Waals surface area (Å²) in [5, 5.41) is 0. The van der Waals surface area contributed by atoms with Crippen LogP contribution in [0.5, 0.6) is 0 Å². The van der Waals surface area contributed by atoms with Crippen LogP contribution < -0.4 is 0 Å². The van der Waals surface area contributed by atoms with Crippen LogP contribution >= 0.6 is 0 Å². The van der Waals surface area contributed by atoms with Crippen molar-refractivity contribution in [1.82, 2.24) is 0 Å². The number of carbonyl (C=O) groups excluding carboxylic acids is 3. The Labute approximate surface area is 502 Å². The summed E-state index contributed by atoms with van der Waals surface area (Å²) in [6, 6.07) is 0. The van der Waals surface area contributed by atoms with Crippen LogP contribution in [-0.4, -0.2) is 37.2 Å². The molecule has 0 aromatic rings. The summed E-state index contributed by atoms with van der Waals surface area (Å²) in [4.78, 5) is 38.4.